The van der Waals surface area contributed by atoms with Crippen LogP contribution < -0.4 is 5.32 Å². The number of hydrogen-bond acceptors (Lipinski definition) is 6. The van der Waals surface area contributed by atoms with Crippen molar-refractivity contribution in [2.45, 2.75) is 19.5 Å². The van der Waals surface area contributed by atoms with E-state index in [1.807, 2.05) is 6.20 Å². The Hall–Kier alpha value is -1.02. The van der Waals surface area contributed by atoms with Crippen LogP contribution >= 0.6 is 0 Å². The fourth-order valence-corrected chi connectivity index (χ4v) is 1.61. The summed E-state index contributed by atoms with van der Waals surface area (Å²) in [6.45, 7) is 5.19. The molecule has 0 amide bonds. The molecule has 1 heterocycles. The van der Waals surface area contributed by atoms with Crippen LogP contribution in [-0.2, 0) is 17.8 Å². The van der Waals surface area contributed by atoms with Gasteiger partial charge in [-0.2, -0.15) is 0 Å². The molecule has 0 aliphatic rings. The summed E-state index contributed by atoms with van der Waals surface area (Å²) in [5.41, 5.74) is 0.928. The SMILES string of the molecule is COCCN(C)CCNCc1cn(CCCO)nn1. The normalized spacial score (nSPS) is 11.4. The smallest absolute Gasteiger partial charge is 0.0964 e. The lowest BCUT2D eigenvalue weighted by Gasteiger charge is -2.15. The minimum atomic E-state index is 0.182. The van der Waals surface area contributed by atoms with Crippen molar-refractivity contribution in [2.24, 2.45) is 0 Å². The van der Waals surface area contributed by atoms with Gasteiger partial charge in [-0.05, 0) is 13.5 Å². The van der Waals surface area contributed by atoms with Crippen LogP contribution in [0.25, 0.3) is 0 Å². The van der Waals surface area contributed by atoms with Crippen molar-refractivity contribution in [1.82, 2.24) is 25.2 Å². The van der Waals surface area contributed by atoms with E-state index in [0.29, 0.717) is 13.0 Å². The highest BCUT2D eigenvalue weighted by Crippen LogP contribution is 1.94. The van der Waals surface area contributed by atoms with E-state index in [4.69, 9.17) is 9.84 Å². The van der Waals surface area contributed by atoms with Gasteiger partial charge >= 0.3 is 0 Å². The van der Waals surface area contributed by atoms with E-state index < -0.39 is 0 Å². The van der Waals surface area contributed by atoms with Crippen molar-refractivity contribution in [1.29, 1.82) is 0 Å². The predicted molar refractivity (Wildman–Crippen MR) is 72.8 cm³/mol. The van der Waals surface area contributed by atoms with Gasteiger partial charge in [0.2, 0.25) is 0 Å². The van der Waals surface area contributed by atoms with Gasteiger partial charge in [-0.1, -0.05) is 5.21 Å². The molecule has 0 saturated heterocycles. The molecule has 1 aromatic rings. The standard InChI is InChI=1S/C12H25N5O2/c1-16(7-9-19-2)6-4-13-10-12-11-17(15-14-12)5-3-8-18/h11,13,18H,3-10H2,1-2H3. The fourth-order valence-electron chi connectivity index (χ4n) is 1.61. The summed E-state index contributed by atoms with van der Waals surface area (Å²) in [6.07, 6.45) is 2.62. The monoisotopic (exact) mass is 271 g/mol. The Balaban J connectivity index is 2.10. The molecule has 0 bridgehead atoms. The summed E-state index contributed by atoms with van der Waals surface area (Å²) < 4.78 is 6.78. The lowest BCUT2D eigenvalue weighted by molar-refractivity contribution is 0.161. The van der Waals surface area contributed by atoms with Crippen LogP contribution in [0.5, 0.6) is 0 Å². The Bertz CT molecular complexity index is 332. The van der Waals surface area contributed by atoms with E-state index in [1.54, 1.807) is 11.8 Å². The first-order chi connectivity index (χ1) is 9.26. The molecule has 0 fully saturated rings. The number of nitrogens with zero attached hydrogens (tertiary/aromatic N) is 4. The Morgan fingerprint density at radius 2 is 2.32 bits per heavy atom. The third kappa shape index (κ3) is 7.22. The summed E-state index contributed by atoms with van der Waals surface area (Å²) in [5, 5.41) is 20.1. The molecule has 0 spiro atoms. The molecule has 110 valence electrons. The van der Waals surface area contributed by atoms with Gasteiger partial charge in [-0.3, -0.25) is 4.68 Å². The number of aromatic nitrogens is 3. The highest BCUT2D eigenvalue weighted by atomic mass is 16.5. The zero-order valence-corrected chi connectivity index (χ0v) is 11.9. The molecular weight excluding hydrogens is 246 g/mol. The van der Waals surface area contributed by atoms with Crippen molar-refractivity contribution >= 4 is 0 Å². The van der Waals surface area contributed by atoms with E-state index in [0.717, 1.165) is 38.5 Å². The Labute approximate surface area is 114 Å². The number of ether oxygens (including phenoxy) is 1. The van der Waals surface area contributed by atoms with Crippen molar-refractivity contribution in [3.63, 3.8) is 0 Å². The van der Waals surface area contributed by atoms with Crippen LogP contribution in [0.15, 0.2) is 6.20 Å². The molecule has 0 radical (unpaired) electrons. The van der Waals surface area contributed by atoms with Gasteiger partial charge in [0.15, 0.2) is 0 Å². The second-order valence-electron chi connectivity index (χ2n) is 4.52. The van der Waals surface area contributed by atoms with Gasteiger partial charge in [-0.15, -0.1) is 5.10 Å². The van der Waals surface area contributed by atoms with E-state index in [1.165, 1.54) is 0 Å². The summed E-state index contributed by atoms with van der Waals surface area (Å²) >= 11 is 0. The topological polar surface area (TPSA) is 75.4 Å². The van der Waals surface area contributed by atoms with Crippen LogP contribution in [0.1, 0.15) is 12.1 Å². The average Bonchev–Trinajstić information content (AvgIpc) is 2.87. The van der Waals surface area contributed by atoms with E-state index in [-0.39, 0.29) is 6.61 Å². The van der Waals surface area contributed by atoms with Crippen LogP contribution in [0.2, 0.25) is 0 Å². The summed E-state index contributed by atoms with van der Waals surface area (Å²) in [4.78, 5) is 2.22. The van der Waals surface area contributed by atoms with Crippen molar-refractivity contribution in [3.8, 4) is 0 Å². The maximum atomic E-state index is 8.73. The van der Waals surface area contributed by atoms with Crippen molar-refractivity contribution < 1.29 is 9.84 Å². The summed E-state index contributed by atoms with van der Waals surface area (Å²) in [5.74, 6) is 0. The van der Waals surface area contributed by atoms with Gasteiger partial charge in [0.05, 0.1) is 12.3 Å². The maximum absolute atomic E-state index is 8.73. The van der Waals surface area contributed by atoms with E-state index in [9.17, 15) is 0 Å². The molecule has 0 unspecified atom stereocenters. The second-order valence-corrected chi connectivity index (χ2v) is 4.52. The minimum absolute atomic E-state index is 0.182. The minimum Gasteiger partial charge on any atom is -0.396 e. The molecule has 7 heteroatoms. The molecule has 7 nitrogen and oxygen atoms in total. The van der Waals surface area contributed by atoms with E-state index in [2.05, 4.69) is 27.6 Å². The largest absolute Gasteiger partial charge is 0.396 e. The second kappa shape index (κ2) is 9.85. The molecule has 2 N–H and O–H groups in total. The quantitative estimate of drug-likeness (QED) is 0.520. The van der Waals surface area contributed by atoms with Crippen LogP contribution in [0, 0.1) is 0 Å². The van der Waals surface area contributed by atoms with Gasteiger partial charge < -0.3 is 20.1 Å². The average molecular weight is 271 g/mol. The third-order valence-electron chi connectivity index (χ3n) is 2.78. The molecule has 19 heavy (non-hydrogen) atoms. The number of methoxy groups -OCH3 is 1. The van der Waals surface area contributed by atoms with Gasteiger partial charge in [0.25, 0.3) is 0 Å². The maximum Gasteiger partial charge on any atom is 0.0964 e. The number of hydrogen-bond donors (Lipinski definition) is 2. The number of aryl methyl sites for hydroxylation is 1. The molecule has 0 aliphatic heterocycles. The summed E-state index contributed by atoms with van der Waals surface area (Å²) in [6, 6.07) is 0. The van der Waals surface area contributed by atoms with Gasteiger partial charge in [0, 0.05) is 52.6 Å². The molecule has 0 aromatic carbocycles. The number of rotatable bonds is 11. The first-order valence-corrected chi connectivity index (χ1v) is 6.64. The van der Waals surface area contributed by atoms with Crippen molar-refractivity contribution in [2.75, 3.05) is 47.0 Å². The Morgan fingerprint density at radius 1 is 1.47 bits per heavy atom. The van der Waals surface area contributed by atoms with Gasteiger partial charge in [0.1, 0.15) is 0 Å². The number of likely N-dealkylation sites (N-methyl/N-ethyl adjacent to an activating group) is 1. The first kappa shape index (κ1) is 16.0. The lowest BCUT2D eigenvalue weighted by Crippen LogP contribution is -2.31. The van der Waals surface area contributed by atoms with Crippen LogP contribution in [0.3, 0.4) is 0 Å². The first-order valence-electron chi connectivity index (χ1n) is 6.64. The number of nitrogens with one attached hydrogen (secondary N) is 1. The zero-order valence-electron chi connectivity index (χ0n) is 11.9. The predicted octanol–water partition coefficient (Wildman–Crippen LogP) is -0.672. The molecule has 1 aromatic heterocycles. The number of aliphatic hydroxyl groups is 1. The van der Waals surface area contributed by atoms with Crippen LogP contribution in [0.4, 0.5) is 0 Å². The summed E-state index contributed by atoms with van der Waals surface area (Å²) in [7, 11) is 3.79. The van der Waals surface area contributed by atoms with E-state index >= 15 is 0 Å². The molecular formula is C12H25N5O2. The molecule has 0 saturated carbocycles. The molecule has 0 atom stereocenters. The zero-order chi connectivity index (χ0) is 13.9. The third-order valence-corrected chi connectivity index (χ3v) is 2.78. The molecule has 1 rings (SSSR count). The fraction of sp³-hybridized carbons (Fsp3) is 0.833. The highest BCUT2D eigenvalue weighted by molar-refractivity contribution is 4.91. The van der Waals surface area contributed by atoms with Crippen molar-refractivity contribution in [3.05, 3.63) is 11.9 Å². The van der Waals surface area contributed by atoms with Gasteiger partial charge in [-0.25, -0.2) is 0 Å². The Morgan fingerprint density at radius 3 is 3.05 bits per heavy atom. The Kier molecular flexibility index (Phi) is 8.31. The van der Waals surface area contributed by atoms with Crippen LogP contribution in [-0.4, -0.2) is 72.0 Å². The number of aliphatic hydroxyl groups excluding tert-OH is 1. The lowest BCUT2D eigenvalue weighted by atomic mass is 10.4. The molecule has 0 aliphatic carbocycles. The highest BCUT2D eigenvalue weighted by Gasteiger charge is 2.01.